The Morgan fingerprint density at radius 3 is 2.37 bits per heavy atom. The summed E-state index contributed by atoms with van der Waals surface area (Å²) in [4.78, 5) is 43.5. The number of rotatable bonds is 4. The molecule has 1 saturated heterocycles. The SMILES string of the molecule is O=C(CN1C(=O)C(C(=O)N2CCCCC2)Sc2ccccc21)NC1CCCCCC1. The smallest absolute Gasteiger partial charge is 0.250 e. The second-order valence-electron chi connectivity index (χ2n) is 8.53. The van der Waals surface area contributed by atoms with Crippen molar-refractivity contribution < 1.29 is 14.4 Å². The molecule has 1 aromatic rings. The van der Waals surface area contributed by atoms with Crippen molar-refractivity contribution in [3.63, 3.8) is 0 Å². The quantitative estimate of drug-likeness (QED) is 0.589. The van der Waals surface area contributed by atoms with Crippen LogP contribution in [0.5, 0.6) is 0 Å². The van der Waals surface area contributed by atoms with Crippen LogP contribution in [0.1, 0.15) is 57.8 Å². The van der Waals surface area contributed by atoms with E-state index in [-0.39, 0.29) is 30.3 Å². The van der Waals surface area contributed by atoms with Gasteiger partial charge in [0, 0.05) is 24.0 Å². The van der Waals surface area contributed by atoms with Crippen LogP contribution >= 0.6 is 11.8 Å². The Morgan fingerprint density at radius 2 is 1.63 bits per heavy atom. The maximum Gasteiger partial charge on any atom is 0.250 e. The molecule has 1 aromatic carbocycles. The van der Waals surface area contributed by atoms with Gasteiger partial charge in [-0.1, -0.05) is 37.8 Å². The normalized spacial score (nSPS) is 22.9. The van der Waals surface area contributed by atoms with E-state index >= 15 is 0 Å². The van der Waals surface area contributed by atoms with Crippen molar-refractivity contribution in [2.45, 2.75) is 74.0 Å². The number of carbonyl (C=O) groups excluding carboxylic acids is 3. The van der Waals surface area contributed by atoms with Crippen LogP contribution in [0.2, 0.25) is 0 Å². The maximum absolute atomic E-state index is 13.3. The van der Waals surface area contributed by atoms with Crippen molar-refractivity contribution in [1.29, 1.82) is 0 Å². The fourth-order valence-corrected chi connectivity index (χ4v) is 5.85. The van der Waals surface area contributed by atoms with Crippen LogP contribution in [-0.2, 0) is 14.4 Å². The third-order valence-corrected chi connectivity index (χ3v) is 7.54. The number of benzene rings is 1. The Balaban J connectivity index is 1.49. The van der Waals surface area contributed by atoms with Crippen LogP contribution in [0.3, 0.4) is 0 Å². The molecule has 1 N–H and O–H groups in total. The molecule has 0 aromatic heterocycles. The number of para-hydroxylation sites is 1. The molecule has 2 aliphatic heterocycles. The number of hydrogen-bond acceptors (Lipinski definition) is 4. The maximum atomic E-state index is 13.3. The van der Waals surface area contributed by atoms with Crippen LogP contribution in [0, 0.1) is 0 Å². The number of thioether (sulfide) groups is 1. The summed E-state index contributed by atoms with van der Waals surface area (Å²) >= 11 is 1.32. The van der Waals surface area contributed by atoms with Gasteiger partial charge in [0.2, 0.25) is 11.8 Å². The minimum absolute atomic E-state index is 0.0311. The molecule has 2 fully saturated rings. The van der Waals surface area contributed by atoms with Gasteiger partial charge in [0.1, 0.15) is 6.54 Å². The average Bonchev–Trinajstić information content (AvgIpc) is 3.04. The van der Waals surface area contributed by atoms with Crippen LogP contribution in [0.25, 0.3) is 0 Å². The lowest BCUT2D eigenvalue weighted by Crippen LogP contribution is -2.53. The van der Waals surface area contributed by atoms with E-state index < -0.39 is 5.25 Å². The molecule has 0 radical (unpaired) electrons. The molecule has 1 saturated carbocycles. The van der Waals surface area contributed by atoms with Gasteiger partial charge in [0.15, 0.2) is 5.25 Å². The molecular formula is C23H31N3O3S. The van der Waals surface area contributed by atoms with E-state index in [0.717, 1.165) is 55.5 Å². The number of piperidine rings is 1. The second kappa shape index (κ2) is 9.86. The highest BCUT2D eigenvalue weighted by Crippen LogP contribution is 2.39. The molecular weight excluding hydrogens is 398 g/mol. The summed E-state index contributed by atoms with van der Waals surface area (Å²) in [5.41, 5.74) is 0.728. The number of amides is 3. The van der Waals surface area contributed by atoms with Crippen LogP contribution in [0.4, 0.5) is 5.69 Å². The minimum atomic E-state index is -0.802. The predicted octanol–water partition coefficient (Wildman–Crippen LogP) is 3.35. The highest BCUT2D eigenvalue weighted by Gasteiger charge is 2.41. The molecule has 2 heterocycles. The van der Waals surface area contributed by atoms with E-state index in [2.05, 4.69) is 5.32 Å². The van der Waals surface area contributed by atoms with Gasteiger partial charge in [0.05, 0.1) is 5.69 Å². The summed E-state index contributed by atoms with van der Waals surface area (Å²) in [6.07, 6.45) is 9.84. The zero-order chi connectivity index (χ0) is 20.9. The van der Waals surface area contributed by atoms with Crippen molar-refractivity contribution in [3.05, 3.63) is 24.3 Å². The monoisotopic (exact) mass is 429 g/mol. The lowest BCUT2D eigenvalue weighted by atomic mass is 10.1. The van der Waals surface area contributed by atoms with E-state index in [4.69, 9.17) is 0 Å². The molecule has 6 nitrogen and oxygen atoms in total. The van der Waals surface area contributed by atoms with Gasteiger partial charge < -0.3 is 15.1 Å². The molecule has 3 amide bonds. The number of fused-ring (bicyclic) bond motifs is 1. The van der Waals surface area contributed by atoms with Crippen LogP contribution in [-0.4, -0.2) is 53.5 Å². The highest BCUT2D eigenvalue weighted by atomic mass is 32.2. The van der Waals surface area contributed by atoms with Crippen LogP contribution in [0.15, 0.2) is 29.2 Å². The van der Waals surface area contributed by atoms with Crippen molar-refractivity contribution in [1.82, 2.24) is 10.2 Å². The van der Waals surface area contributed by atoms with Gasteiger partial charge in [-0.15, -0.1) is 11.8 Å². The molecule has 1 atom stereocenters. The van der Waals surface area contributed by atoms with E-state index in [1.54, 1.807) is 0 Å². The summed E-state index contributed by atoms with van der Waals surface area (Å²) < 4.78 is 0. The molecule has 0 bridgehead atoms. The van der Waals surface area contributed by atoms with E-state index in [9.17, 15) is 14.4 Å². The fourth-order valence-electron chi connectivity index (χ4n) is 4.66. The van der Waals surface area contributed by atoms with Gasteiger partial charge in [-0.2, -0.15) is 0 Å². The first kappa shape index (κ1) is 21.2. The number of anilines is 1. The molecule has 162 valence electrons. The third kappa shape index (κ3) is 4.82. The minimum Gasteiger partial charge on any atom is -0.352 e. The van der Waals surface area contributed by atoms with Gasteiger partial charge >= 0.3 is 0 Å². The number of carbonyl (C=O) groups is 3. The lowest BCUT2D eigenvalue weighted by molar-refractivity contribution is -0.136. The molecule has 7 heteroatoms. The highest BCUT2D eigenvalue weighted by molar-refractivity contribution is 8.01. The standard InChI is InChI=1S/C23H31N3O3S/c27-20(24-17-10-4-1-2-5-11-17)16-26-18-12-6-7-13-19(18)30-21(23(26)29)22(28)25-14-8-3-9-15-25/h6-7,12-13,17,21H,1-5,8-11,14-16H2,(H,24,27). The Morgan fingerprint density at radius 1 is 0.967 bits per heavy atom. The molecule has 1 unspecified atom stereocenters. The van der Waals surface area contributed by atoms with Gasteiger partial charge in [0.25, 0.3) is 5.91 Å². The third-order valence-electron chi connectivity index (χ3n) is 6.31. The summed E-state index contributed by atoms with van der Waals surface area (Å²) in [6.45, 7) is 1.40. The summed E-state index contributed by atoms with van der Waals surface area (Å²) in [5, 5.41) is 2.33. The van der Waals surface area contributed by atoms with Crippen molar-refractivity contribution >= 4 is 35.2 Å². The summed E-state index contributed by atoms with van der Waals surface area (Å²) in [7, 11) is 0. The molecule has 4 rings (SSSR count). The number of nitrogens with zero attached hydrogens (tertiary/aromatic N) is 2. The van der Waals surface area contributed by atoms with Crippen LogP contribution < -0.4 is 10.2 Å². The van der Waals surface area contributed by atoms with Crippen molar-refractivity contribution in [2.24, 2.45) is 0 Å². The van der Waals surface area contributed by atoms with Crippen molar-refractivity contribution in [2.75, 3.05) is 24.5 Å². The largest absolute Gasteiger partial charge is 0.352 e. The first-order valence-electron chi connectivity index (χ1n) is 11.3. The summed E-state index contributed by atoms with van der Waals surface area (Å²) in [5.74, 6) is -0.528. The zero-order valence-corrected chi connectivity index (χ0v) is 18.3. The molecule has 1 aliphatic carbocycles. The fraction of sp³-hybridized carbons (Fsp3) is 0.609. The van der Waals surface area contributed by atoms with E-state index in [1.165, 1.54) is 29.5 Å². The molecule has 0 spiro atoms. The topological polar surface area (TPSA) is 69.7 Å². The average molecular weight is 430 g/mol. The molecule has 30 heavy (non-hydrogen) atoms. The number of likely N-dealkylation sites (tertiary alicyclic amines) is 1. The Labute approximate surface area is 182 Å². The van der Waals surface area contributed by atoms with Crippen molar-refractivity contribution in [3.8, 4) is 0 Å². The number of nitrogens with one attached hydrogen (secondary N) is 1. The van der Waals surface area contributed by atoms with E-state index in [0.29, 0.717) is 13.1 Å². The Hall–Kier alpha value is -2.02. The Kier molecular flexibility index (Phi) is 6.97. The molecule has 3 aliphatic rings. The summed E-state index contributed by atoms with van der Waals surface area (Å²) in [6, 6.07) is 7.76. The number of hydrogen-bond donors (Lipinski definition) is 1. The van der Waals surface area contributed by atoms with Gasteiger partial charge in [-0.3, -0.25) is 14.4 Å². The predicted molar refractivity (Wildman–Crippen MR) is 119 cm³/mol. The Bertz CT molecular complexity index is 786. The van der Waals surface area contributed by atoms with E-state index in [1.807, 2.05) is 29.2 Å². The van der Waals surface area contributed by atoms with Gasteiger partial charge in [-0.05, 0) is 44.2 Å². The zero-order valence-electron chi connectivity index (χ0n) is 17.5. The second-order valence-corrected chi connectivity index (χ2v) is 9.68. The van der Waals surface area contributed by atoms with Gasteiger partial charge in [-0.25, -0.2) is 0 Å². The first-order chi connectivity index (χ1) is 14.6. The first-order valence-corrected chi connectivity index (χ1v) is 12.2. The lowest BCUT2D eigenvalue weighted by Gasteiger charge is -2.36.